The number of carbonyl (C=O) groups is 1. The van der Waals surface area contributed by atoms with Crippen molar-refractivity contribution < 1.29 is 24.1 Å². The molecule has 0 radical (unpaired) electrons. The van der Waals surface area contributed by atoms with Gasteiger partial charge in [-0.05, 0) is 62.0 Å². The van der Waals surface area contributed by atoms with Crippen molar-refractivity contribution in [3.05, 3.63) is 53.6 Å². The van der Waals surface area contributed by atoms with Gasteiger partial charge in [0.1, 0.15) is 5.75 Å². The molecule has 0 heterocycles. The molecule has 0 fully saturated rings. The van der Waals surface area contributed by atoms with Crippen LogP contribution in [0.1, 0.15) is 17.5 Å². The van der Waals surface area contributed by atoms with Crippen molar-refractivity contribution in [1.29, 1.82) is 0 Å². The van der Waals surface area contributed by atoms with E-state index in [4.69, 9.17) is 14.2 Å². The molecule has 6 heteroatoms. The second-order valence-electron chi connectivity index (χ2n) is 6.51. The summed E-state index contributed by atoms with van der Waals surface area (Å²) in [6.07, 6.45) is 2.57. The van der Waals surface area contributed by atoms with Gasteiger partial charge < -0.3 is 24.2 Å². The summed E-state index contributed by atoms with van der Waals surface area (Å²) in [5.74, 6) is 0.774. The summed E-state index contributed by atoms with van der Waals surface area (Å²) in [7, 11) is 7.11. The lowest BCUT2D eigenvalue weighted by Gasteiger charge is -2.11. The van der Waals surface area contributed by atoms with Crippen molar-refractivity contribution in [1.82, 2.24) is 4.90 Å². The first-order valence-corrected chi connectivity index (χ1v) is 8.99. The number of hydrogen-bond acceptors (Lipinski definition) is 5. The molecule has 0 saturated heterocycles. The first kappa shape index (κ1) is 21.3. The molecule has 0 unspecified atom stereocenters. The molecule has 0 aliphatic carbocycles. The Balaban J connectivity index is 2.17. The molecule has 0 amide bonds. The molecule has 150 valence electrons. The van der Waals surface area contributed by atoms with E-state index in [-0.39, 0.29) is 5.57 Å². The number of ether oxygens (including phenoxy) is 3. The number of aliphatic carboxylic acids is 1. The van der Waals surface area contributed by atoms with Gasteiger partial charge in [0.15, 0.2) is 11.5 Å². The van der Waals surface area contributed by atoms with Gasteiger partial charge in [-0.3, -0.25) is 0 Å². The maximum atomic E-state index is 11.8. The maximum Gasteiger partial charge on any atom is 0.336 e. The molecule has 0 atom stereocenters. The molecule has 0 aliphatic rings. The molecule has 0 spiro atoms. The number of nitrogens with zero attached hydrogens (tertiary/aromatic N) is 1. The second kappa shape index (κ2) is 10.4. The minimum absolute atomic E-state index is 0.167. The standard InChI is InChI=1S/C22H27NO5/c1-23(2)12-5-13-28-18-9-6-16(7-10-18)14-19(22(24)25)17-8-11-20(26-3)21(15-17)27-4/h6-11,14-15H,5,12-13H2,1-4H3,(H,24,25)/b19-14-. The number of benzene rings is 2. The fraction of sp³-hybridized carbons (Fsp3) is 0.318. The minimum atomic E-state index is -1.02. The third-order valence-electron chi connectivity index (χ3n) is 4.13. The summed E-state index contributed by atoms with van der Waals surface area (Å²) < 4.78 is 16.2. The summed E-state index contributed by atoms with van der Waals surface area (Å²) in [6.45, 7) is 1.60. The van der Waals surface area contributed by atoms with Crippen LogP contribution < -0.4 is 14.2 Å². The highest BCUT2D eigenvalue weighted by atomic mass is 16.5. The van der Waals surface area contributed by atoms with E-state index in [1.165, 1.54) is 14.2 Å². The Kier molecular flexibility index (Phi) is 7.89. The molecule has 2 aromatic carbocycles. The highest BCUT2D eigenvalue weighted by Gasteiger charge is 2.14. The third-order valence-corrected chi connectivity index (χ3v) is 4.13. The van der Waals surface area contributed by atoms with Crippen LogP contribution in [0.4, 0.5) is 0 Å². The summed E-state index contributed by atoms with van der Waals surface area (Å²) in [5.41, 5.74) is 1.47. The molecule has 2 rings (SSSR count). The molecule has 0 bridgehead atoms. The normalized spacial score (nSPS) is 11.4. The molecule has 1 N–H and O–H groups in total. The van der Waals surface area contributed by atoms with Crippen LogP contribution in [0.15, 0.2) is 42.5 Å². The summed E-state index contributed by atoms with van der Waals surface area (Å²) in [5, 5.41) is 9.65. The van der Waals surface area contributed by atoms with Gasteiger partial charge in [0.2, 0.25) is 0 Å². The predicted molar refractivity (Wildman–Crippen MR) is 110 cm³/mol. The zero-order valence-electron chi connectivity index (χ0n) is 16.8. The molecule has 28 heavy (non-hydrogen) atoms. The highest BCUT2D eigenvalue weighted by molar-refractivity contribution is 6.20. The molecular weight excluding hydrogens is 358 g/mol. The van der Waals surface area contributed by atoms with Gasteiger partial charge in [-0.15, -0.1) is 0 Å². The predicted octanol–water partition coefficient (Wildman–Crippen LogP) is 3.66. The van der Waals surface area contributed by atoms with E-state index in [0.29, 0.717) is 23.7 Å². The van der Waals surface area contributed by atoms with E-state index in [0.717, 1.165) is 24.3 Å². The number of carboxylic acid groups (broad SMARTS) is 1. The Morgan fingerprint density at radius 1 is 1.04 bits per heavy atom. The van der Waals surface area contributed by atoms with Crippen molar-refractivity contribution in [2.45, 2.75) is 6.42 Å². The smallest absolute Gasteiger partial charge is 0.336 e. The lowest BCUT2D eigenvalue weighted by molar-refractivity contribution is -0.130. The van der Waals surface area contributed by atoms with Crippen molar-refractivity contribution >= 4 is 17.6 Å². The summed E-state index contributed by atoms with van der Waals surface area (Å²) in [4.78, 5) is 13.9. The van der Waals surface area contributed by atoms with Crippen LogP contribution in [0, 0.1) is 0 Å². The highest BCUT2D eigenvalue weighted by Crippen LogP contribution is 2.31. The number of hydrogen-bond donors (Lipinski definition) is 1. The first-order valence-electron chi connectivity index (χ1n) is 8.99. The molecule has 6 nitrogen and oxygen atoms in total. The zero-order chi connectivity index (χ0) is 20.5. The van der Waals surface area contributed by atoms with Crippen LogP contribution >= 0.6 is 0 Å². The Morgan fingerprint density at radius 2 is 1.71 bits per heavy atom. The van der Waals surface area contributed by atoms with Gasteiger partial charge in [0.25, 0.3) is 0 Å². The largest absolute Gasteiger partial charge is 0.494 e. The minimum Gasteiger partial charge on any atom is -0.494 e. The molecule has 2 aromatic rings. The molecule has 0 saturated carbocycles. The Morgan fingerprint density at radius 3 is 2.29 bits per heavy atom. The van der Waals surface area contributed by atoms with E-state index in [1.54, 1.807) is 24.3 Å². The summed E-state index contributed by atoms with van der Waals surface area (Å²) >= 11 is 0. The SMILES string of the molecule is COc1ccc(/C(=C/c2ccc(OCCCN(C)C)cc2)C(=O)O)cc1OC. The van der Waals surface area contributed by atoms with Gasteiger partial charge in [0.05, 0.1) is 26.4 Å². The van der Waals surface area contributed by atoms with E-state index in [1.807, 2.05) is 38.4 Å². The quantitative estimate of drug-likeness (QED) is 0.382. The third kappa shape index (κ3) is 6.03. The van der Waals surface area contributed by atoms with E-state index in [9.17, 15) is 9.90 Å². The van der Waals surface area contributed by atoms with Crippen LogP contribution in [0.5, 0.6) is 17.2 Å². The Bertz CT molecular complexity index is 812. The van der Waals surface area contributed by atoms with Crippen LogP contribution in [0.3, 0.4) is 0 Å². The lowest BCUT2D eigenvalue weighted by atomic mass is 10.0. The van der Waals surface area contributed by atoms with Crippen LogP contribution in [0.25, 0.3) is 11.6 Å². The van der Waals surface area contributed by atoms with Crippen LogP contribution in [-0.4, -0.2) is 57.4 Å². The fourth-order valence-corrected chi connectivity index (χ4v) is 2.67. The van der Waals surface area contributed by atoms with Crippen LogP contribution in [-0.2, 0) is 4.79 Å². The van der Waals surface area contributed by atoms with Gasteiger partial charge in [-0.1, -0.05) is 18.2 Å². The van der Waals surface area contributed by atoms with Gasteiger partial charge in [-0.25, -0.2) is 4.79 Å². The van der Waals surface area contributed by atoms with Crippen molar-refractivity contribution in [3.63, 3.8) is 0 Å². The number of methoxy groups -OCH3 is 2. The topological polar surface area (TPSA) is 68.2 Å². The number of rotatable bonds is 10. The second-order valence-corrected chi connectivity index (χ2v) is 6.51. The molecular formula is C22H27NO5. The number of carboxylic acids is 1. The van der Waals surface area contributed by atoms with Crippen LogP contribution in [0.2, 0.25) is 0 Å². The average molecular weight is 385 g/mol. The molecule has 0 aromatic heterocycles. The van der Waals surface area contributed by atoms with E-state index >= 15 is 0 Å². The van der Waals surface area contributed by atoms with Gasteiger partial charge in [0, 0.05) is 6.54 Å². The monoisotopic (exact) mass is 385 g/mol. The Hall–Kier alpha value is -2.99. The lowest BCUT2D eigenvalue weighted by Crippen LogP contribution is -2.15. The van der Waals surface area contributed by atoms with Crippen molar-refractivity contribution in [2.75, 3.05) is 41.5 Å². The fourth-order valence-electron chi connectivity index (χ4n) is 2.67. The maximum absolute atomic E-state index is 11.8. The van der Waals surface area contributed by atoms with Gasteiger partial charge in [-0.2, -0.15) is 0 Å². The van der Waals surface area contributed by atoms with Crippen molar-refractivity contribution in [3.8, 4) is 17.2 Å². The first-order chi connectivity index (χ1) is 13.4. The Labute approximate surface area is 166 Å². The van der Waals surface area contributed by atoms with E-state index < -0.39 is 5.97 Å². The van der Waals surface area contributed by atoms with Gasteiger partial charge >= 0.3 is 5.97 Å². The van der Waals surface area contributed by atoms with E-state index in [2.05, 4.69) is 4.90 Å². The zero-order valence-corrected chi connectivity index (χ0v) is 16.8. The van der Waals surface area contributed by atoms with Crippen molar-refractivity contribution in [2.24, 2.45) is 0 Å². The average Bonchev–Trinajstić information content (AvgIpc) is 2.69. The summed E-state index contributed by atoms with van der Waals surface area (Å²) in [6, 6.07) is 12.4. The molecule has 0 aliphatic heterocycles.